The van der Waals surface area contributed by atoms with E-state index in [4.69, 9.17) is 0 Å². The Bertz CT molecular complexity index is 1310. The monoisotopic (exact) mass is 468 g/mol. The number of fused-ring (bicyclic) bond motifs is 1. The van der Waals surface area contributed by atoms with Crippen LogP contribution in [0.1, 0.15) is 49.4 Å². The van der Waals surface area contributed by atoms with E-state index in [0.29, 0.717) is 12.2 Å². The zero-order valence-electron chi connectivity index (χ0n) is 20.6. The van der Waals surface area contributed by atoms with Gasteiger partial charge in [0.15, 0.2) is 5.65 Å². The molecule has 0 saturated carbocycles. The third-order valence-electron chi connectivity index (χ3n) is 6.93. The Balaban J connectivity index is 1.32. The molecule has 2 aromatic heterocycles. The molecule has 0 bridgehead atoms. The highest BCUT2D eigenvalue weighted by Crippen LogP contribution is 2.28. The summed E-state index contributed by atoms with van der Waals surface area (Å²) in [6, 6.07) is 16.7. The Kier molecular flexibility index (Phi) is 6.49. The van der Waals surface area contributed by atoms with Crippen LogP contribution < -0.4 is 10.2 Å². The van der Waals surface area contributed by atoms with Gasteiger partial charge in [-0.1, -0.05) is 48.9 Å². The fraction of sp³-hybridized carbons (Fsp3) is 0.357. The van der Waals surface area contributed by atoms with Crippen LogP contribution in [0, 0.1) is 12.8 Å². The zero-order valence-corrected chi connectivity index (χ0v) is 20.6. The predicted molar refractivity (Wildman–Crippen MR) is 139 cm³/mol. The largest absolute Gasteiger partial charge is 0.355 e. The van der Waals surface area contributed by atoms with Gasteiger partial charge in [0.2, 0.25) is 5.91 Å². The minimum atomic E-state index is -0.0849. The van der Waals surface area contributed by atoms with Crippen LogP contribution in [0.5, 0.6) is 0 Å². The van der Waals surface area contributed by atoms with Crippen LogP contribution in [-0.4, -0.2) is 38.7 Å². The highest BCUT2D eigenvalue weighted by atomic mass is 16.2. The first kappa shape index (κ1) is 23.0. The maximum Gasteiger partial charge on any atom is 0.225 e. The highest BCUT2D eigenvalue weighted by molar-refractivity contribution is 5.87. The van der Waals surface area contributed by atoms with E-state index in [0.717, 1.165) is 48.3 Å². The molecule has 0 unspecified atom stereocenters. The number of rotatable bonds is 6. The number of aryl methyl sites for hydroxylation is 2. The molecule has 1 amide bonds. The van der Waals surface area contributed by atoms with Crippen molar-refractivity contribution >= 4 is 22.8 Å². The number of benzene rings is 2. The molecule has 7 nitrogen and oxygen atoms in total. The van der Waals surface area contributed by atoms with E-state index in [9.17, 15) is 4.79 Å². The molecule has 2 aromatic carbocycles. The van der Waals surface area contributed by atoms with Crippen LogP contribution in [0.25, 0.3) is 16.7 Å². The van der Waals surface area contributed by atoms with E-state index in [1.807, 2.05) is 29.9 Å². The number of anilines is 1. The molecule has 7 heteroatoms. The third-order valence-corrected chi connectivity index (χ3v) is 6.93. The van der Waals surface area contributed by atoms with Gasteiger partial charge in [-0.05, 0) is 56.4 Å². The lowest BCUT2D eigenvalue weighted by Crippen LogP contribution is -2.44. The molecule has 3 heterocycles. The van der Waals surface area contributed by atoms with E-state index in [1.54, 1.807) is 6.33 Å². The molecule has 0 radical (unpaired) electrons. The standard InChI is InChI=1S/C28H32N6O/c1-4-21-9-11-22(12-10-21)20(3)31-28(35)23-6-5-15-33(16-23)27-25-17-34(32-26(25)29-18-30-27)24-13-7-19(2)8-14-24/h7-14,17-18,20,23H,4-6,15-16H2,1-3H3,(H,31,35)/t20-,23+/m1/s1. The first-order valence-electron chi connectivity index (χ1n) is 12.4. The average molecular weight is 469 g/mol. The van der Waals surface area contributed by atoms with Gasteiger partial charge in [0.05, 0.1) is 23.0 Å². The summed E-state index contributed by atoms with van der Waals surface area (Å²) in [5.41, 5.74) is 5.28. The maximum absolute atomic E-state index is 13.2. The summed E-state index contributed by atoms with van der Waals surface area (Å²) < 4.78 is 1.85. The van der Waals surface area contributed by atoms with Crippen molar-refractivity contribution in [3.8, 4) is 5.69 Å². The summed E-state index contributed by atoms with van der Waals surface area (Å²) in [5.74, 6) is 0.856. The fourth-order valence-electron chi connectivity index (χ4n) is 4.75. The molecule has 180 valence electrons. The molecule has 1 fully saturated rings. The number of aromatic nitrogens is 4. The van der Waals surface area contributed by atoms with Crippen LogP contribution in [0.3, 0.4) is 0 Å². The van der Waals surface area contributed by atoms with Crippen molar-refractivity contribution in [3.05, 3.63) is 77.7 Å². The number of carbonyl (C=O) groups is 1. The van der Waals surface area contributed by atoms with E-state index in [1.165, 1.54) is 11.1 Å². The van der Waals surface area contributed by atoms with Crippen molar-refractivity contribution in [2.45, 2.75) is 46.1 Å². The zero-order chi connectivity index (χ0) is 24.4. The average Bonchev–Trinajstić information content (AvgIpc) is 3.33. The molecular formula is C28H32N6O. The van der Waals surface area contributed by atoms with Crippen molar-refractivity contribution in [2.75, 3.05) is 18.0 Å². The highest BCUT2D eigenvalue weighted by Gasteiger charge is 2.29. The Morgan fingerprint density at radius 1 is 1.11 bits per heavy atom. The van der Waals surface area contributed by atoms with Gasteiger partial charge in [0.25, 0.3) is 0 Å². The lowest BCUT2D eigenvalue weighted by molar-refractivity contribution is -0.125. The summed E-state index contributed by atoms with van der Waals surface area (Å²) in [6.45, 7) is 7.76. The molecule has 0 spiro atoms. The van der Waals surface area contributed by atoms with E-state index in [2.05, 4.69) is 75.5 Å². The first-order chi connectivity index (χ1) is 17.0. The Hall–Kier alpha value is -3.74. The van der Waals surface area contributed by atoms with Crippen LogP contribution in [0.4, 0.5) is 5.82 Å². The molecule has 1 aliphatic rings. The second-order valence-corrected chi connectivity index (χ2v) is 9.45. The molecule has 1 aliphatic heterocycles. The Morgan fingerprint density at radius 2 is 1.89 bits per heavy atom. The van der Waals surface area contributed by atoms with E-state index in [-0.39, 0.29) is 17.9 Å². The van der Waals surface area contributed by atoms with Gasteiger partial charge in [-0.15, -0.1) is 5.10 Å². The topological polar surface area (TPSA) is 75.9 Å². The van der Waals surface area contributed by atoms with Gasteiger partial charge in [0, 0.05) is 19.3 Å². The first-order valence-corrected chi connectivity index (χ1v) is 12.4. The van der Waals surface area contributed by atoms with Crippen LogP contribution in [-0.2, 0) is 11.2 Å². The summed E-state index contributed by atoms with van der Waals surface area (Å²) in [7, 11) is 0. The number of piperidine rings is 1. The lowest BCUT2D eigenvalue weighted by atomic mass is 9.96. The molecular weight excluding hydrogens is 436 g/mol. The van der Waals surface area contributed by atoms with Crippen molar-refractivity contribution in [2.24, 2.45) is 5.92 Å². The van der Waals surface area contributed by atoms with Crippen molar-refractivity contribution < 1.29 is 4.79 Å². The predicted octanol–water partition coefficient (Wildman–Crippen LogP) is 4.78. The Morgan fingerprint density at radius 3 is 2.63 bits per heavy atom. The van der Waals surface area contributed by atoms with Gasteiger partial charge in [0.1, 0.15) is 12.1 Å². The summed E-state index contributed by atoms with van der Waals surface area (Å²) in [4.78, 5) is 24.4. The third kappa shape index (κ3) is 4.90. The van der Waals surface area contributed by atoms with Gasteiger partial charge in [-0.3, -0.25) is 4.79 Å². The summed E-state index contributed by atoms with van der Waals surface area (Å²) in [6.07, 6.45) is 6.38. The number of hydrogen-bond donors (Lipinski definition) is 1. The minimum absolute atomic E-state index is 0.0257. The SMILES string of the molecule is CCc1ccc([C@@H](C)NC(=O)[C@H]2CCCN(c3ncnc4nn(-c5ccc(C)cc5)cc34)C2)cc1. The smallest absolute Gasteiger partial charge is 0.225 e. The van der Waals surface area contributed by atoms with Crippen LogP contribution in [0.2, 0.25) is 0 Å². The summed E-state index contributed by atoms with van der Waals surface area (Å²) in [5, 5.41) is 8.80. The van der Waals surface area contributed by atoms with Gasteiger partial charge >= 0.3 is 0 Å². The van der Waals surface area contributed by atoms with Gasteiger partial charge in [-0.25, -0.2) is 14.6 Å². The maximum atomic E-state index is 13.2. The number of nitrogens with zero attached hydrogens (tertiary/aromatic N) is 5. The number of amides is 1. The Labute approximate surface area is 206 Å². The molecule has 1 saturated heterocycles. The number of hydrogen-bond acceptors (Lipinski definition) is 5. The van der Waals surface area contributed by atoms with Crippen LogP contribution in [0.15, 0.2) is 61.1 Å². The summed E-state index contributed by atoms with van der Waals surface area (Å²) >= 11 is 0. The molecule has 35 heavy (non-hydrogen) atoms. The van der Waals surface area contributed by atoms with Crippen molar-refractivity contribution in [3.63, 3.8) is 0 Å². The quantitative estimate of drug-likeness (QED) is 0.441. The second kappa shape index (κ2) is 9.86. The normalized spacial score (nSPS) is 16.9. The van der Waals surface area contributed by atoms with Gasteiger partial charge in [-0.2, -0.15) is 0 Å². The molecule has 1 N–H and O–H groups in total. The fourth-order valence-corrected chi connectivity index (χ4v) is 4.75. The molecule has 4 aromatic rings. The van der Waals surface area contributed by atoms with E-state index < -0.39 is 0 Å². The molecule has 5 rings (SSSR count). The van der Waals surface area contributed by atoms with Gasteiger partial charge < -0.3 is 10.2 Å². The molecule has 0 aliphatic carbocycles. The number of carbonyl (C=O) groups excluding carboxylic acids is 1. The van der Waals surface area contributed by atoms with Crippen molar-refractivity contribution in [1.82, 2.24) is 25.1 Å². The minimum Gasteiger partial charge on any atom is -0.355 e. The second-order valence-electron chi connectivity index (χ2n) is 9.45. The number of nitrogens with one attached hydrogen (secondary N) is 1. The van der Waals surface area contributed by atoms with E-state index >= 15 is 0 Å². The lowest BCUT2D eigenvalue weighted by Gasteiger charge is -2.33. The molecule has 2 atom stereocenters. The van der Waals surface area contributed by atoms with Crippen molar-refractivity contribution in [1.29, 1.82) is 0 Å². The van der Waals surface area contributed by atoms with Crippen LogP contribution >= 0.6 is 0 Å².